The Morgan fingerprint density at radius 3 is 3.71 bits per heavy atom. The van der Waals surface area contributed by atoms with Gasteiger partial charge in [0.25, 0.3) is 0 Å². The van der Waals surface area contributed by atoms with Crippen LogP contribution in [-0.4, -0.2) is 13.0 Å². The van der Waals surface area contributed by atoms with Crippen molar-refractivity contribution in [2.24, 2.45) is 4.99 Å². The zero-order chi connectivity index (χ0) is 4.95. The Bertz CT molecular complexity index is 84.3. The van der Waals surface area contributed by atoms with Crippen molar-refractivity contribution in [3.05, 3.63) is 12.3 Å². The normalized spacial score (nSPS) is 18.3. The van der Waals surface area contributed by atoms with Crippen molar-refractivity contribution in [1.29, 1.82) is 0 Å². The van der Waals surface area contributed by atoms with E-state index in [0.717, 1.165) is 6.42 Å². The molecule has 0 aromatic heterocycles. The Labute approximate surface area is 42.5 Å². The van der Waals surface area contributed by atoms with Crippen molar-refractivity contribution < 1.29 is 4.74 Å². The van der Waals surface area contributed by atoms with Gasteiger partial charge >= 0.3 is 0 Å². The fourth-order valence-corrected chi connectivity index (χ4v) is 0.361. The van der Waals surface area contributed by atoms with Crippen LogP contribution in [0, 0.1) is 6.08 Å². The molecule has 1 radical (unpaired) electrons. The molecule has 0 aliphatic carbocycles. The minimum atomic E-state index is 0.708. The maximum absolute atomic E-state index is 4.81. The van der Waals surface area contributed by atoms with Crippen LogP contribution in [-0.2, 0) is 4.74 Å². The van der Waals surface area contributed by atoms with Gasteiger partial charge in [0.15, 0.2) is 6.40 Å². The standard InChI is InChI=1S/C5H6NO/c1-2-4-7-5-6-3-1/h3,5H,2,4H2. The molecule has 0 saturated carbocycles. The highest BCUT2D eigenvalue weighted by molar-refractivity contribution is 5.47. The van der Waals surface area contributed by atoms with Crippen molar-refractivity contribution in [2.75, 3.05) is 6.61 Å². The molecule has 0 bridgehead atoms. The van der Waals surface area contributed by atoms with Crippen LogP contribution in [0.1, 0.15) is 6.42 Å². The summed E-state index contributed by atoms with van der Waals surface area (Å²) in [4.78, 5) is 3.69. The van der Waals surface area contributed by atoms with Crippen molar-refractivity contribution in [2.45, 2.75) is 6.42 Å². The Balaban J connectivity index is 2.39. The molecule has 0 fully saturated rings. The third-order valence-corrected chi connectivity index (χ3v) is 0.665. The van der Waals surface area contributed by atoms with Gasteiger partial charge in [-0.05, 0) is 6.08 Å². The SMILES string of the molecule is [C]1=CN=COCC1. The fourth-order valence-electron chi connectivity index (χ4n) is 0.361. The Hall–Kier alpha value is -0.790. The van der Waals surface area contributed by atoms with Crippen LogP contribution in [0.5, 0.6) is 0 Å². The lowest BCUT2D eigenvalue weighted by molar-refractivity contribution is 0.328. The second-order valence-electron chi connectivity index (χ2n) is 1.21. The summed E-state index contributed by atoms with van der Waals surface area (Å²) in [7, 11) is 0. The van der Waals surface area contributed by atoms with Crippen molar-refractivity contribution in [1.82, 2.24) is 0 Å². The molecule has 0 spiro atoms. The lowest BCUT2D eigenvalue weighted by atomic mass is 10.4. The molecule has 7 heavy (non-hydrogen) atoms. The van der Waals surface area contributed by atoms with Gasteiger partial charge in [0.1, 0.15) is 0 Å². The van der Waals surface area contributed by atoms with E-state index >= 15 is 0 Å². The van der Waals surface area contributed by atoms with Crippen LogP contribution in [0.15, 0.2) is 11.2 Å². The molecule has 0 amide bonds. The van der Waals surface area contributed by atoms with Gasteiger partial charge in [-0.15, -0.1) is 0 Å². The van der Waals surface area contributed by atoms with Gasteiger partial charge < -0.3 is 4.74 Å². The van der Waals surface area contributed by atoms with Gasteiger partial charge in [-0.25, -0.2) is 4.99 Å². The average molecular weight is 96.1 g/mol. The van der Waals surface area contributed by atoms with Gasteiger partial charge in [0, 0.05) is 12.6 Å². The lowest BCUT2D eigenvalue weighted by Crippen LogP contribution is -1.85. The van der Waals surface area contributed by atoms with Gasteiger partial charge in [0.2, 0.25) is 0 Å². The summed E-state index contributed by atoms with van der Waals surface area (Å²) in [5.41, 5.74) is 0. The van der Waals surface area contributed by atoms with E-state index in [1.807, 2.05) is 0 Å². The molecule has 0 atom stereocenters. The predicted octanol–water partition coefficient (Wildman–Crippen LogP) is 0.752. The molecule has 1 rings (SSSR count). The molecule has 0 aromatic rings. The molecular formula is C5H6NO. The monoisotopic (exact) mass is 96.0 g/mol. The molecular weight excluding hydrogens is 90.1 g/mol. The number of nitrogens with zero attached hydrogens (tertiary/aromatic N) is 1. The van der Waals surface area contributed by atoms with E-state index in [4.69, 9.17) is 4.74 Å². The van der Waals surface area contributed by atoms with Gasteiger partial charge in [-0.3, -0.25) is 0 Å². The van der Waals surface area contributed by atoms with E-state index in [-0.39, 0.29) is 0 Å². The topological polar surface area (TPSA) is 21.6 Å². The first kappa shape index (κ1) is 4.37. The molecule has 0 aromatic carbocycles. The minimum absolute atomic E-state index is 0.708. The average Bonchev–Trinajstić information content (AvgIpc) is 1.90. The molecule has 0 saturated heterocycles. The summed E-state index contributed by atoms with van der Waals surface area (Å²) in [6.07, 6.45) is 6.80. The van der Waals surface area contributed by atoms with Crippen molar-refractivity contribution in [3.63, 3.8) is 0 Å². The summed E-state index contributed by atoms with van der Waals surface area (Å²) < 4.78 is 4.81. The first-order valence-corrected chi connectivity index (χ1v) is 2.18. The number of rotatable bonds is 0. The Morgan fingerprint density at radius 1 is 1.71 bits per heavy atom. The zero-order valence-corrected chi connectivity index (χ0v) is 3.92. The Morgan fingerprint density at radius 2 is 2.71 bits per heavy atom. The van der Waals surface area contributed by atoms with E-state index in [9.17, 15) is 0 Å². The number of hydrogen-bond acceptors (Lipinski definition) is 2. The second-order valence-corrected chi connectivity index (χ2v) is 1.21. The molecule has 2 nitrogen and oxygen atoms in total. The summed E-state index contributed by atoms with van der Waals surface area (Å²) in [5, 5.41) is 0. The van der Waals surface area contributed by atoms with Crippen LogP contribution in [0.4, 0.5) is 0 Å². The largest absolute Gasteiger partial charge is 0.483 e. The maximum Gasteiger partial charge on any atom is 0.173 e. The summed E-state index contributed by atoms with van der Waals surface area (Å²) >= 11 is 0. The van der Waals surface area contributed by atoms with Crippen LogP contribution in [0.3, 0.4) is 0 Å². The number of aliphatic imine (C=N–C) groups is 1. The van der Waals surface area contributed by atoms with Gasteiger partial charge in [-0.2, -0.15) is 0 Å². The van der Waals surface area contributed by atoms with Crippen LogP contribution < -0.4 is 0 Å². The summed E-state index contributed by atoms with van der Waals surface area (Å²) in [6.45, 7) is 0.708. The van der Waals surface area contributed by atoms with Crippen molar-refractivity contribution >= 4 is 6.40 Å². The van der Waals surface area contributed by atoms with E-state index in [1.54, 1.807) is 6.20 Å². The highest BCUT2D eigenvalue weighted by Gasteiger charge is 1.81. The second kappa shape index (κ2) is 2.39. The van der Waals surface area contributed by atoms with E-state index in [2.05, 4.69) is 11.1 Å². The summed E-state index contributed by atoms with van der Waals surface area (Å²) in [5.74, 6) is 0. The predicted molar refractivity (Wildman–Crippen MR) is 26.9 cm³/mol. The zero-order valence-electron chi connectivity index (χ0n) is 3.92. The van der Waals surface area contributed by atoms with Crippen molar-refractivity contribution in [3.8, 4) is 0 Å². The van der Waals surface area contributed by atoms with Crippen LogP contribution in [0.25, 0.3) is 0 Å². The first-order valence-electron chi connectivity index (χ1n) is 2.18. The fraction of sp³-hybridized carbons (Fsp3) is 0.400. The van der Waals surface area contributed by atoms with E-state index < -0.39 is 0 Å². The van der Waals surface area contributed by atoms with E-state index in [0.29, 0.717) is 6.61 Å². The highest BCUT2D eigenvalue weighted by Crippen LogP contribution is 1.86. The molecule has 1 aliphatic heterocycles. The molecule has 2 heteroatoms. The molecule has 37 valence electrons. The third kappa shape index (κ3) is 1.39. The van der Waals surface area contributed by atoms with Gasteiger partial charge in [-0.1, -0.05) is 0 Å². The van der Waals surface area contributed by atoms with Crippen LogP contribution >= 0.6 is 0 Å². The van der Waals surface area contributed by atoms with Crippen LogP contribution in [0.2, 0.25) is 0 Å². The quantitative estimate of drug-likeness (QED) is 0.436. The Kier molecular flexibility index (Phi) is 1.50. The number of ether oxygens (including phenoxy) is 1. The number of hydrogen-bond donors (Lipinski definition) is 0. The minimum Gasteiger partial charge on any atom is -0.483 e. The first-order chi connectivity index (χ1) is 3.50. The smallest absolute Gasteiger partial charge is 0.173 e. The molecule has 1 aliphatic rings. The van der Waals surface area contributed by atoms with E-state index in [1.165, 1.54) is 6.40 Å². The molecule has 1 heterocycles. The molecule has 0 unspecified atom stereocenters. The molecule has 0 N–H and O–H groups in total. The summed E-state index contributed by atoms with van der Waals surface area (Å²) in [6, 6.07) is 0. The van der Waals surface area contributed by atoms with Gasteiger partial charge in [0.05, 0.1) is 6.61 Å². The maximum atomic E-state index is 4.81. The highest BCUT2D eigenvalue weighted by atomic mass is 16.5. The third-order valence-electron chi connectivity index (χ3n) is 0.665. The lowest BCUT2D eigenvalue weighted by Gasteiger charge is -1.87.